The molecule has 0 fully saturated rings. The van der Waals surface area contributed by atoms with Gasteiger partial charge in [0.05, 0.1) is 18.8 Å². The smallest absolute Gasteiger partial charge is 0.333 e. The number of rotatable bonds is 24. The zero-order valence-electron chi connectivity index (χ0n) is 30.1. The van der Waals surface area contributed by atoms with Crippen molar-refractivity contribution in [1.82, 2.24) is 5.32 Å². The Bertz CT molecular complexity index is 1100. The Morgan fingerprint density at radius 2 is 1.32 bits per heavy atom. The van der Waals surface area contributed by atoms with Crippen LogP contribution in [0.4, 0.5) is 0 Å². The molecule has 0 aliphatic heterocycles. The monoisotopic (exact) mass is 649 g/mol. The van der Waals surface area contributed by atoms with Crippen LogP contribution in [0, 0.1) is 11.8 Å². The van der Waals surface area contributed by atoms with Crippen molar-refractivity contribution in [3.8, 4) is 0 Å². The number of esters is 1. The molecular formula is C41H63NO5. The number of hydrogen-bond donors (Lipinski definition) is 1. The van der Waals surface area contributed by atoms with Crippen LogP contribution in [0.15, 0.2) is 84.6 Å². The van der Waals surface area contributed by atoms with E-state index in [2.05, 4.69) is 92.9 Å². The van der Waals surface area contributed by atoms with Crippen LogP contribution in [0.25, 0.3) is 0 Å². The van der Waals surface area contributed by atoms with E-state index in [1.807, 2.05) is 19.1 Å². The number of nitrogens with one attached hydrogen (secondary N) is 1. The normalized spacial score (nSPS) is 19.6. The number of carbonyl (C=O) groups excluding carboxylic acids is 3. The van der Waals surface area contributed by atoms with Gasteiger partial charge < -0.3 is 14.8 Å². The van der Waals surface area contributed by atoms with Gasteiger partial charge in [-0.2, -0.15) is 0 Å². The van der Waals surface area contributed by atoms with Gasteiger partial charge in [-0.05, 0) is 77.2 Å². The highest BCUT2D eigenvalue weighted by molar-refractivity contribution is 5.89. The zero-order chi connectivity index (χ0) is 34.7. The molecule has 1 N–H and O–H groups in total. The summed E-state index contributed by atoms with van der Waals surface area (Å²) in [6.07, 6.45) is 36.8. The summed E-state index contributed by atoms with van der Waals surface area (Å²) in [6.45, 7) is 12.2. The quantitative estimate of drug-likeness (QED) is 0.0832. The van der Waals surface area contributed by atoms with E-state index in [1.54, 1.807) is 13.8 Å². The maximum atomic E-state index is 13.1. The molecule has 1 aliphatic rings. The standard InChI is InChI=1S/C41H63NO5/c1-7-11-12-13-14-15-16-17-18-19-20-21-22-23-24-25-26-27-28-29-36(43)30-33(5)40(44)42-38-31-35(41(45)46-10-4)32-39(34(38)6)47-37(8-2)9-3/h11-12,14-15,17-18,20-21,23-24,26-27,32-34,37-39H,7-10,13,16,19,22,25,28-31H2,1-6H3,(H,42,44)/b12-11-,15-14-,18-17-,21-20-,24-23-,27-26-/t33-,34-,38+,39-/m1/s1. The van der Waals surface area contributed by atoms with Crippen molar-refractivity contribution in [3.05, 3.63) is 84.6 Å². The molecule has 0 radical (unpaired) electrons. The van der Waals surface area contributed by atoms with Gasteiger partial charge in [-0.1, -0.05) is 108 Å². The van der Waals surface area contributed by atoms with E-state index in [-0.39, 0.29) is 48.2 Å². The Kier molecular flexibility index (Phi) is 23.8. The molecule has 47 heavy (non-hydrogen) atoms. The topological polar surface area (TPSA) is 81.7 Å². The molecule has 0 aromatic rings. The van der Waals surface area contributed by atoms with E-state index in [4.69, 9.17) is 9.47 Å². The first-order valence-electron chi connectivity index (χ1n) is 18.0. The molecule has 0 aromatic carbocycles. The van der Waals surface area contributed by atoms with Gasteiger partial charge in [0.1, 0.15) is 5.78 Å². The lowest BCUT2D eigenvalue weighted by molar-refractivity contribution is -0.139. The van der Waals surface area contributed by atoms with E-state index in [9.17, 15) is 14.4 Å². The Hall–Kier alpha value is -3.25. The summed E-state index contributed by atoms with van der Waals surface area (Å²) >= 11 is 0. The predicted molar refractivity (Wildman–Crippen MR) is 196 cm³/mol. The minimum Gasteiger partial charge on any atom is -0.463 e. The summed E-state index contributed by atoms with van der Waals surface area (Å²) in [5.41, 5.74) is 0.534. The zero-order valence-corrected chi connectivity index (χ0v) is 30.1. The summed E-state index contributed by atoms with van der Waals surface area (Å²) in [6, 6.07) is -0.275. The van der Waals surface area contributed by atoms with Gasteiger partial charge in [-0.25, -0.2) is 4.79 Å². The van der Waals surface area contributed by atoms with Crippen LogP contribution in [-0.2, 0) is 23.9 Å². The van der Waals surface area contributed by atoms with Crippen LogP contribution in [0.2, 0.25) is 0 Å². The first kappa shape index (κ1) is 41.8. The maximum absolute atomic E-state index is 13.1. The van der Waals surface area contributed by atoms with E-state index >= 15 is 0 Å². The van der Waals surface area contributed by atoms with Gasteiger partial charge in [0, 0.05) is 36.3 Å². The van der Waals surface area contributed by atoms with Crippen molar-refractivity contribution in [2.75, 3.05) is 6.61 Å². The molecule has 262 valence electrons. The molecule has 0 saturated heterocycles. The molecule has 6 nitrogen and oxygen atoms in total. The SMILES string of the molecule is CC/C=C\C/C=C\C/C=C\C/C=C\C/C=C\C/C=C\CCC(=O)C[C@@H](C)C(=O)N[C@H]1CC(C(=O)OCC)=C[C@@H](OC(CC)CC)[C@@H]1C. The van der Waals surface area contributed by atoms with Gasteiger partial charge in [-0.3, -0.25) is 9.59 Å². The second-order valence-electron chi connectivity index (χ2n) is 12.2. The Labute approximate surface area is 286 Å². The second-order valence-corrected chi connectivity index (χ2v) is 12.2. The van der Waals surface area contributed by atoms with Gasteiger partial charge >= 0.3 is 5.97 Å². The van der Waals surface area contributed by atoms with Gasteiger partial charge in [-0.15, -0.1) is 0 Å². The van der Waals surface area contributed by atoms with Gasteiger partial charge in [0.25, 0.3) is 0 Å². The molecule has 0 spiro atoms. The minimum atomic E-state index is -0.449. The Morgan fingerprint density at radius 3 is 1.81 bits per heavy atom. The van der Waals surface area contributed by atoms with Gasteiger partial charge in [0.15, 0.2) is 0 Å². The number of Topliss-reactive ketones (excluding diaryl/α,β-unsaturated/α-hetero) is 1. The molecule has 0 heterocycles. The summed E-state index contributed by atoms with van der Waals surface area (Å²) in [4.78, 5) is 38.3. The molecule has 0 bridgehead atoms. The molecule has 1 aliphatic carbocycles. The molecule has 1 rings (SSSR count). The molecule has 1 amide bonds. The molecule has 4 atom stereocenters. The molecule has 0 aromatic heterocycles. The second kappa shape index (κ2) is 26.8. The predicted octanol–water partition coefficient (Wildman–Crippen LogP) is 9.65. The molecule has 6 heteroatoms. The summed E-state index contributed by atoms with van der Waals surface area (Å²) in [7, 11) is 0. The lowest BCUT2D eigenvalue weighted by Crippen LogP contribution is -2.49. The van der Waals surface area contributed by atoms with Crippen LogP contribution in [0.1, 0.15) is 119 Å². The fourth-order valence-electron chi connectivity index (χ4n) is 5.24. The summed E-state index contributed by atoms with van der Waals surface area (Å²) in [5, 5.41) is 3.12. The first-order valence-corrected chi connectivity index (χ1v) is 18.0. The molecule has 0 unspecified atom stereocenters. The third-order valence-electron chi connectivity index (χ3n) is 8.25. The highest BCUT2D eigenvalue weighted by atomic mass is 16.5. The summed E-state index contributed by atoms with van der Waals surface area (Å²) < 4.78 is 11.6. The first-order chi connectivity index (χ1) is 22.8. The van der Waals surface area contributed by atoms with E-state index < -0.39 is 5.92 Å². The van der Waals surface area contributed by atoms with Crippen LogP contribution < -0.4 is 5.32 Å². The lowest BCUT2D eigenvalue weighted by atomic mass is 9.83. The van der Waals surface area contributed by atoms with Crippen molar-refractivity contribution in [2.45, 2.75) is 137 Å². The average molecular weight is 650 g/mol. The third kappa shape index (κ3) is 19.2. The number of amides is 1. The van der Waals surface area contributed by atoms with Crippen molar-refractivity contribution in [2.24, 2.45) is 11.8 Å². The van der Waals surface area contributed by atoms with Crippen LogP contribution in [0.3, 0.4) is 0 Å². The Balaban J connectivity index is 2.38. The number of carbonyl (C=O) groups is 3. The number of allylic oxidation sites excluding steroid dienone is 12. The van der Waals surface area contributed by atoms with E-state index in [0.717, 1.165) is 51.4 Å². The van der Waals surface area contributed by atoms with Crippen LogP contribution in [-0.4, -0.2) is 42.5 Å². The van der Waals surface area contributed by atoms with Gasteiger partial charge in [0.2, 0.25) is 5.91 Å². The van der Waals surface area contributed by atoms with Crippen molar-refractivity contribution in [1.29, 1.82) is 0 Å². The van der Waals surface area contributed by atoms with Crippen LogP contribution in [0.5, 0.6) is 0 Å². The fourth-order valence-corrected chi connectivity index (χ4v) is 5.24. The number of hydrogen-bond acceptors (Lipinski definition) is 5. The van der Waals surface area contributed by atoms with Crippen molar-refractivity contribution in [3.63, 3.8) is 0 Å². The van der Waals surface area contributed by atoms with E-state index in [0.29, 0.717) is 31.4 Å². The molecule has 0 saturated carbocycles. The number of ether oxygens (including phenoxy) is 2. The number of ketones is 1. The average Bonchev–Trinajstić information content (AvgIpc) is 3.06. The van der Waals surface area contributed by atoms with Crippen molar-refractivity contribution < 1.29 is 23.9 Å². The van der Waals surface area contributed by atoms with Crippen LogP contribution >= 0.6 is 0 Å². The third-order valence-corrected chi connectivity index (χ3v) is 8.25. The Morgan fingerprint density at radius 1 is 0.809 bits per heavy atom. The van der Waals surface area contributed by atoms with E-state index in [1.165, 1.54) is 0 Å². The minimum absolute atomic E-state index is 0.0197. The van der Waals surface area contributed by atoms with Crippen molar-refractivity contribution >= 4 is 17.7 Å². The maximum Gasteiger partial charge on any atom is 0.333 e. The highest BCUT2D eigenvalue weighted by Gasteiger charge is 2.36. The summed E-state index contributed by atoms with van der Waals surface area (Å²) in [5.74, 6) is -0.931. The largest absolute Gasteiger partial charge is 0.463 e. The molecular weight excluding hydrogens is 586 g/mol. The fraction of sp³-hybridized carbons (Fsp3) is 0.585. The lowest BCUT2D eigenvalue weighted by Gasteiger charge is -2.37. The highest BCUT2D eigenvalue weighted by Crippen LogP contribution is 2.29.